The molecule has 0 spiro atoms. The van der Waals surface area contributed by atoms with Gasteiger partial charge < -0.3 is 19.9 Å². The summed E-state index contributed by atoms with van der Waals surface area (Å²) in [6.45, 7) is 18.8. The SMILES string of the molecule is CC.CCCCCCC(C)CC.COC.Cc1cccc(-c2csc(NC(=O)CNC(=O)c3ccn(C(C)(C)C)c3)n2)n1. The van der Waals surface area contributed by atoms with E-state index in [2.05, 4.69) is 66.9 Å². The second kappa shape index (κ2) is 22.5. The average Bonchev–Trinajstić information content (AvgIpc) is 3.67. The van der Waals surface area contributed by atoms with Crippen LogP contribution in [-0.4, -0.2) is 47.1 Å². The Hall–Kier alpha value is -3.04. The molecule has 0 aliphatic rings. The van der Waals surface area contributed by atoms with E-state index in [0.29, 0.717) is 16.4 Å². The maximum atomic E-state index is 12.2. The number of carbonyl (C=O) groups is 2. The molecule has 3 rings (SSSR count). The molecule has 1 atom stereocenters. The van der Waals surface area contributed by atoms with Crippen LogP contribution in [0.3, 0.4) is 0 Å². The summed E-state index contributed by atoms with van der Waals surface area (Å²) < 4.78 is 6.21. The van der Waals surface area contributed by atoms with E-state index in [1.807, 2.05) is 55.1 Å². The zero-order valence-electron chi connectivity index (χ0n) is 28.5. The van der Waals surface area contributed by atoms with E-state index < -0.39 is 0 Å². The van der Waals surface area contributed by atoms with Gasteiger partial charge in [-0.05, 0) is 51.8 Å². The van der Waals surface area contributed by atoms with E-state index in [4.69, 9.17) is 0 Å². The molecule has 0 radical (unpaired) electrons. The fraction of sp³-hybridized carbons (Fsp3) is 0.588. The van der Waals surface area contributed by atoms with Crippen LogP contribution in [-0.2, 0) is 15.1 Å². The molecule has 8 nitrogen and oxygen atoms in total. The lowest BCUT2D eigenvalue weighted by Gasteiger charge is -2.20. The van der Waals surface area contributed by atoms with Crippen LogP contribution in [0.1, 0.15) is 110 Å². The van der Waals surface area contributed by atoms with Crippen molar-refractivity contribution < 1.29 is 14.3 Å². The number of rotatable bonds is 11. The number of hydrogen-bond acceptors (Lipinski definition) is 6. The van der Waals surface area contributed by atoms with Gasteiger partial charge in [-0.25, -0.2) is 4.98 Å². The lowest BCUT2D eigenvalue weighted by Crippen LogP contribution is -2.32. The molecule has 9 heteroatoms. The molecule has 0 saturated heterocycles. The van der Waals surface area contributed by atoms with Crippen molar-refractivity contribution in [1.29, 1.82) is 0 Å². The Labute approximate surface area is 265 Å². The Morgan fingerprint density at radius 2 is 1.70 bits per heavy atom. The zero-order chi connectivity index (χ0) is 32.8. The average molecular weight is 616 g/mol. The standard InChI is InChI=1S/C20H23N5O2S.C10H22.C2H6O.C2H6/c1-13-6-5-7-15(22-13)16-12-28-19(23-16)24-17(26)10-21-18(27)14-8-9-25(11-14)20(2,3)4;1-4-6-7-8-9-10(3)5-2;1-3-2;1-2/h5-9,11-12H,10H2,1-4H3,(H,21,27)(H,23,24,26);10H,4-9H2,1-3H3;1-2H3;1-2H3. The second-order valence-electron chi connectivity index (χ2n) is 11.2. The number of aryl methyl sites for hydroxylation is 1. The Morgan fingerprint density at radius 3 is 2.26 bits per heavy atom. The van der Waals surface area contributed by atoms with Gasteiger partial charge in [0.1, 0.15) is 5.69 Å². The van der Waals surface area contributed by atoms with Gasteiger partial charge in [0, 0.05) is 43.2 Å². The summed E-state index contributed by atoms with van der Waals surface area (Å²) in [6, 6.07) is 7.44. The Bertz CT molecular complexity index is 1170. The highest BCUT2D eigenvalue weighted by atomic mass is 32.1. The van der Waals surface area contributed by atoms with E-state index in [9.17, 15) is 9.59 Å². The van der Waals surface area contributed by atoms with Crippen molar-refractivity contribution in [2.45, 2.75) is 106 Å². The van der Waals surface area contributed by atoms with Crippen LogP contribution in [0.2, 0.25) is 0 Å². The zero-order valence-corrected chi connectivity index (χ0v) is 29.4. The first-order valence-corrected chi connectivity index (χ1v) is 16.4. The quantitative estimate of drug-likeness (QED) is 0.210. The first kappa shape index (κ1) is 40.0. The van der Waals surface area contributed by atoms with E-state index in [1.54, 1.807) is 26.5 Å². The van der Waals surface area contributed by atoms with Crippen LogP contribution in [0, 0.1) is 12.8 Å². The number of thiazole rings is 1. The maximum absolute atomic E-state index is 12.2. The minimum absolute atomic E-state index is 0.107. The molecule has 43 heavy (non-hydrogen) atoms. The van der Waals surface area contributed by atoms with Crippen LogP contribution in [0.25, 0.3) is 11.4 Å². The normalized spacial score (nSPS) is 11.0. The van der Waals surface area contributed by atoms with Crippen molar-refractivity contribution >= 4 is 28.3 Å². The molecule has 2 amide bonds. The molecule has 3 heterocycles. The number of ether oxygens (including phenoxy) is 1. The second-order valence-corrected chi connectivity index (χ2v) is 12.0. The molecule has 0 bridgehead atoms. The highest BCUT2D eigenvalue weighted by Crippen LogP contribution is 2.23. The van der Waals surface area contributed by atoms with Crippen molar-refractivity contribution in [1.82, 2.24) is 19.9 Å². The van der Waals surface area contributed by atoms with Gasteiger partial charge in [-0.1, -0.05) is 79.2 Å². The number of amides is 2. The summed E-state index contributed by atoms with van der Waals surface area (Å²) in [4.78, 5) is 33.2. The fourth-order valence-corrected chi connectivity index (χ4v) is 4.35. The Kier molecular flexibility index (Phi) is 20.9. The van der Waals surface area contributed by atoms with Gasteiger partial charge >= 0.3 is 0 Å². The molecular formula is C34H57N5O3S. The molecule has 0 fully saturated rings. The van der Waals surface area contributed by atoms with Crippen molar-refractivity contribution in [3.05, 3.63) is 53.3 Å². The summed E-state index contributed by atoms with van der Waals surface area (Å²) in [6.07, 6.45) is 12.1. The number of pyridine rings is 1. The van der Waals surface area contributed by atoms with Crippen molar-refractivity contribution in [2.24, 2.45) is 5.92 Å². The monoisotopic (exact) mass is 615 g/mol. The van der Waals surface area contributed by atoms with Gasteiger partial charge in [-0.15, -0.1) is 11.3 Å². The molecule has 0 aliphatic heterocycles. The van der Waals surface area contributed by atoms with Crippen molar-refractivity contribution in [2.75, 3.05) is 26.1 Å². The minimum atomic E-state index is -0.332. The first-order valence-electron chi connectivity index (χ1n) is 15.5. The molecule has 0 saturated carbocycles. The Morgan fingerprint density at radius 1 is 1.02 bits per heavy atom. The third kappa shape index (κ3) is 17.0. The molecule has 0 aromatic carbocycles. The Balaban J connectivity index is 0.000000986. The van der Waals surface area contributed by atoms with Crippen LogP contribution in [0.4, 0.5) is 5.13 Å². The van der Waals surface area contributed by atoms with Crippen LogP contribution in [0.15, 0.2) is 42.0 Å². The van der Waals surface area contributed by atoms with Crippen LogP contribution in [0.5, 0.6) is 0 Å². The van der Waals surface area contributed by atoms with E-state index in [1.165, 1.54) is 49.9 Å². The topological polar surface area (TPSA) is 98.1 Å². The van der Waals surface area contributed by atoms with Crippen molar-refractivity contribution in [3.8, 4) is 11.4 Å². The predicted octanol–water partition coefficient (Wildman–Crippen LogP) is 8.73. The van der Waals surface area contributed by atoms with E-state index in [-0.39, 0.29) is 23.9 Å². The maximum Gasteiger partial charge on any atom is 0.253 e. The molecule has 3 aromatic rings. The van der Waals surface area contributed by atoms with Gasteiger partial charge in [0.25, 0.3) is 5.91 Å². The number of nitrogens with one attached hydrogen (secondary N) is 2. The van der Waals surface area contributed by atoms with Crippen molar-refractivity contribution in [3.63, 3.8) is 0 Å². The number of aromatic nitrogens is 3. The summed E-state index contributed by atoms with van der Waals surface area (Å²) in [5, 5.41) is 7.64. The summed E-state index contributed by atoms with van der Waals surface area (Å²) in [5.41, 5.74) is 2.78. The lowest BCUT2D eigenvalue weighted by atomic mass is 10.0. The number of methoxy groups -OCH3 is 1. The third-order valence-electron chi connectivity index (χ3n) is 6.29. The molecule has 3 aromatic heterocycles. The lowest BCUT2D eigenvalue weighted by molar-refractivity contribution is -0.115. The number of carbonyl (C=O) groups excluding carboxylic acids is 2. The molecule has 242 valence electrons. The number of nitrogens with zero attached hydrogens (tertiary/aromatic N) is 3. The first-order chi connectivity index (χ1) is 20.4. The summed E-state index contributed by atoms with van der Waals surface area (Å²) >= 11 is 1.32. The summed E-state index contributed by atoms with van der Waals surface area (Å²) in [5.74, 6) is 0.334. The van der Waals surface area contributed by atoms with Crippen LogP contribution >= 0.6 is 11.3 Å². The van der Waals surface area contributed by atoms with Gasteiger partial charge in [0.05, 0.1) is 17.8 Å². The number of unbranched alkanes of at least 4 members (excludes halogenated alkanes) is 3. The van der Waals surface area contributed by atoms with Gasteiger partial charge in [0.15, 0.2) is 5.13 Å². The molecular weight excluding hydrogens is 558 g/mol. The van der Waals surface area contributed by atoms with Gasteiger partial charge in [-0.3, -0.25) is 14.6 Å². The molecule has 0 aliphatic carbocycles. The van der Waals surface area contributed by atoms with E-state index in [0.717, 1.165) is 17.3 Å². The number of hydrogen-bond donors (Lipinski definition) is 2. The fourth-order valence-electron chi connectivity index (χ4n) is 3.63. The highest BCUT2D eigenvalue weighted by molar-refractivity contribution is 7.14. The highest BCUT2D eigenvalue weighted by Gasteiger charge is 2.16. The van der Waals surface area contributed by atoms with Crippen LogP contribution < -0.4 is 10.6 Å². The third-order valence-corrected chi connectivity index (χ3v) is 7.05. The van der Waals surface area contributed by atoms with Gasteiger partial charge in [-0.2, -0.15) is 0 Å². The predicted molar refractivity (Wildman–Crippen MR) is 183 cm³/mol. The smallest absolute Gasteiger partial charge is 0.253 e. The summed E-state index contributed by atoms with van der Waals surface area (Å²) in [7, 11) is 3.25. The minimum Gasteiger partial charge on any atom is -0.388 e. The van der Waals surface area contributed by atoms with Gasteiger partial charge in [0.2, 0.25) is 5.91 Å². The molecule has 1 unspecified atom stereocenters. The largest absolute Gasteiger partial charge is 0.388 e. The molecule has 2 N–H and O–H groups in total. The number of anilines is 1. The van der Waals surface area contributed by atoms with E-state index >= 15 is 0 Å².